The molecule has 2 amide bonds. The fraction of sp³-hybridized carbons (Fsp3) is 0.310. The van der Waals surface area contributed by atoms with Gasteiger partial charge in [-0.3, -0.25) is 14.9 Å². The van der Waals surface area contributed by atoms with E-state index in [0.717, 1.165) is 58.0 Å². The molecule has 0 bridgehead atoms. The van der Waals surface area contributed by atoms with E-state index in [1.54, 1.807) is 0 Å². The number of nitrogens with zero attached hydrogens (tertiary/aromatic N) is 2. The number of fused-ring (bicyclic) bond motifs is 4. The molecule has 36 heavy (non-hydrogen) atoms. The minimum absolute atomic E-state index is 0. The molecular weight excluding hydrogens is 472 g/mol. The van der Waals surface area contributed by atoms with Gasteiger partial charge in [0.25, 0.3) is 11.8 Å². The Morgan fingerprint density at radius 1 is 0.944 bits per heavy atom. The monoisotopic (exact) mass is 502 g/mol. The predicted molar refractivity (Wildman–Crippen MR) is 147 cm³/mol. The molecule has 0 fully saturated rings. The van der Waals surface area contributed by atoms with Gasteiger partial charge in [-0.15, -0.1) is 12.4 Å². The Morgan fingerprint density at radius 2 is 1.58 bits per heavy atom. The summed E-state index contributed by atoms with van der Waals surface area (Å²) in [5.74, 6) is 0.123. The summed E-state index contributed by atoms with van der Waals surface area (Å²) in [4.78, 5) is 26.6. The van der Waals surface area contributed by atoms with Gasteiger partial charge in [-0.05, 0) is 36.8 Å². The van der Waals surface area contributed by atoms with Crippen molar-refractivity contribution >= 4 is 57.2 Å². The second kappa shape index (κ2) is 8.95. The number of carbonyl (C=O) groups is 2. The molecule has 0 saturated carbocycles. The number of rotatable bonds is 4. The Bertz CT molecular complexity index is 1560. The molecule has 2 unspecified atom stereocenters. The molecule has 6 rings (SSSR count). The first-order valence-electron chi connectivity index (χ1n) is 12.4. The molecule has 6 nitrogen and oxygen atoms in total. The van der Waals surface area contributed by atoms with Gasteiger partial charge < -0.3 is 14.9 Å². The molecule has 3 N–H and O–H groups in total. The molecule has 4 heterocycles. The van der Waals surface area contributed by atoms with Crippen molar-refractivity contribution < 1.29 is 9.59 Å². The van der Waals surface area contributed by atoms with Gasteiger partial charge in [-0.1, -0.05) is 50.2 Å². The first-order valence-corrected chi connectivity index (χ1v) is 12.4. The number of halogens is 1. The molecule has 0 spiro atoms. The number of hydrogen-bond donors (Lipinski definition) is 2. The highest BCUT2D eigenvalue weighted by atomic mass is 35.5. The first-order chi connectivity index (χ1) is 16.9. The van der Waals surface area contributed by atoms with Crippen LogP contribution in [0.5, 0.6) is 0 Å². The van der Waals surface area contributed by atoms with Crippen molar-refractivity contribution in [3.8, 4) is 0 Å². The quantitative estimate of drug-likeness (QED) is 0.398. The minimum Gasteiger partial charge on any atom is -0.350 e. The summed E-state index contributed by atoms with van der Waals surface area (Å²) < 4.78 is 4.35. The van der Waals surface area contributed by atoms with E-state index in [1.807, 2.05) is 54.2 Å². The number of imide groups is 1. The first kappa shape index (κ1) is 24.3. The number of aromatic nitrogens is 2. The third kappa shape index (κ3) is 3.51. The minimum atomic E-state index is -0.332. The van der Waals surface area contributed by atoms with Crippen molar-refractivity contribution in [2.75, 3.05) is 0 Å². The number of nitrogens with two attached hydrogens (primary N) is 1. The molecule has 2 atom stereocenters. The zero-order valence-electron chi connectivity index (χ0n) is 20.7. The Kier molecular flexibility index (Phi) is 6.05. The zero-order valence-corrected chi connectivity index (χ0v) is 21.6. The largest absolute Gasteiger partial charge is 0.350 e. The summed E-state index contributed by atoms with van der Waals surface area (Å²) in [6.07, 6.45) is 3.75. The smallest absolute Gasteiger partial charge is 0.259 e. The summed E-state index contributed by atoms with van der Waals surface area (Å²) in [6.45, 7) is 5.17. The highest BCUT2D eigenvalue weighted by Crippen LogP contribution is 2.43. The highest BCUT2D eigenvalue weighted by Gasteiger charge is 2.38. The third-order valence-corrected chi connectivity index (χ3v) is 7.91. The number of para-hydroxylation sites is 2. The van der Waals surface area contributed by atoms with Gasteiger partial charge in [0.2, 0.25) is 0 Å². The lowest BCUT2D eigenvalue weighted by atomic mass is 9.84. The molecule has 2 aliphatic heterocycles. The Balaban J connectivity index is 0.00000267. The van der Waals surface area contributed by atoms with E-state index in [2.05, 4.69) is 35.9 Å². The van der Waals surface area contributed by atoms with Gasteiger partial charge >= 0.3 is 0 Å². The highest BCUT2D eigenvalue weighted by molar-refractivity contribution is 6.51. The van der Waals surface area contributed by atoms with Crippen molar-refractivity contribution in [3.05, 3.63) is 71.5 Å². The summed E-state index contributed by atoms with van der Waals surface area (Å²) in [5.41, 5.74) is 12.5. The van der Waals surface area contributed by atoms with Gasteiger partial charge in [-0.2, -0.15) is 0 Å². The van der Waals surface area contributed by atoms with E-state index in [-0.39, 0.29) is 30.3 Å². The summed E-state index contributed by atoms with van der Waals surface area (Å²) >= 11 is 0. The Morgan fingerprint density at radius 3 is 2.31 bits per heavy atom. The molecule has 4 aromatic rings. The summed E-state index contributed by atoms with van der Waals surface area (Å²) in [6, 6.07) is 16.3. The van der Waals surface area contributed by atoms with Gasteiger partial charge in [0, 0.05) is 64.5 Å². The van der Waals surface area contributed by atoms with Crippen LogP contribution in [0.1, 0.15) is 37.1 Å². The van der Waals surface area contributed by atoms with Gasteiger partial charge in [0.05, 0.1) is 11.1 Å². The average molecular weight is 503 g/mol. The van der Waals surface area contributed by atoms with Crippen LogP contribution in [-0.4, -0.2) is 27.0 Å². The van der Waals surface area contributed by atoms with E-state index >= 15 is 0 Å². The third-order valence-electron chi connectivity index (χ3n) is 7.91. The molecule has 0 radical (unpaired) electrons. The van der Waals surface area contributed by atoms with E-state index in [1.165, 1.54) is 0 Å². The van der Waals surface area contributed by atoms with Gasteiger partial charge in [0.1, 0.15) is 0 Å². The number of nitrogens with one attached hydrogen (secondary N) is 1. The Labute approximate surface area is 216 Å². The van der Waals surface area contributed by atoms with Crippen molar-refractivity contribution in [2.24, 2.45) is 24.6 Å². The molecule has 2 aromatic carbocycles. The maximum Gasteiger partial charge on any atom is 0.259 e. The van der Waals surface area contributed by atoms with Crippen LogP contribution in [-0.2, 0) is 29.6 Å². The average Bonchev–Trinajstić information content (AvgIpc) is 3.46. The SMILES string of the molecule is CC(C)C(N)C1CCc2c(C3=C(c4cn(C)c5ccccc45)C(=O)NC3=O)c3ccccc3n2C1.Cl. The van der Waals surface area contributed by atoms with Crippen LogP contribution < -0.4 is 11.1 Å². The van der Waals surface area contributed by atoms with Crippen molar-refractivity contribution in [2.45, 2.75) is 39.3 Å². The van der Waals surface area contributed by atoms with Crippen LogP contribution in [0.15, 0.2) is 54.7 Å². The van der Waals surface area contributed by atoms with Crippen molar-refractivity contribution in [3.63, 3.8) is 0 Å². The lowest BCUT2D eigenvalue weighted by molar-refractivity contribution is -0.122. The summed E-state index contributed by atoms with van der Waals surface area (Å²) in [7, 11) is 1.97. The van der Waals surface area contributed by atoms with Crippen molar-refractivity contribution in [1.29, 1.82) is 0 Å². The van der Waals surface area contributed by atoms with Crippen LogP contribution >= 0.6 is 12.4 Å². The number of hydrogen-bond acceptors (Lipinski definition) is 3. The fourth-order valence-corrected chi connectivity index (χ4v) is 6.10. The van der Waals surface area contributed by atoms with Crippen LogP contribution in [0.25, 0.3) is 33.0 Å². The van der Waals surface area contributed by atoms with Crippen LogP contribution in [0, 0.1) is 11.8 Å². The summed E-state index contributed by atoms with van der Waals surface area (Å²) in [5, 5.41) is 4.58. The fourth-order valence-electron chi connectivity index (χ4n) is 6.10. The number of aryl methyl sites for hydroxylation is 1. The molecule has 7 heteroatoms. The van der Waals surface area contributed by atoms with E-state index in [0.29, 0.717) is 23.0 Å². The van der Waals surface area contributed by atoms with Gasteiger partial charge in [-0.25, -0.2) is 0 Å². The molecule has 186 valence electrons. The maximum absolute atomic E-state index is 13.4. The number of carbonyl (C=O) groups excluding carboxylic acids is 2. The predicted octanol–water partition coefficient (Wildman–Crippen LogP) is 4.67. The standard InChI is InChI=1S/C29H30N4O2.ClH/c1-16(2)27(30)17-12-13-23-24(19-9-5-7-11-22(19)33(23)14-17)26-25(28(34)31-29(26)35)20-15-32(3)21-10-6-4-8-18(20)21;/h4-11,15-17,27H,12-14,30H2,1-3H3,(H,31,34,35);1H. The molecular formula is C29H31ClN4O2. The van der Waals surface area contributed by atoms with Crippen molar-refractivity contribution in [1.82, 2.24) is 14.5 Å². The molecule has 2 aliphatic rings. The van der Waals surface area contributed by atoms with Crippen LogP contribution in [0.4, 0.5) is 0 Å². The zero-order chi connectivity index (χ0) is 24.4. The van der Waals surface area contributed by atoms with E-state index < -0.39 is 0 Å². The second-order valence-electron chi connectivity index (χ2n) is 10.3. The topological polar surface area (TPSA) is 82.1 Å². The Hall–Kier alpha value is -3.35. The lowest BCUT2D eigenvalue weighted by Crippen LogP contribution is -2.39. The lowest BCUT2D eigenvalue weighted by Gasteiger charge is -2.32. The van der Waals surface area contributed by atoms with Crippen LogP contribution in [0.2, 0.25) is 0 Å². The van der Waals surface area contributed by atoms with Gasteiger partial charge in [0.15, 0.2) is 0 Å². The molecule has 0 saturated heterocycles. The number of benzene rings is 2. The maximum atomic E-state index is 13.4. The molecule has 0 aliphatic carbocycles. The molecule has 2 aromatic heterocycles. The van der Waals surface area contributed by atoms with Crippen LogP contribution in [0.3, 0.4) is 0 Å². The number of amides is 2. The van der Waals surface area contributed by atoms with E-state index in [4.69, 9.17) is 5.73 Å². The second-order valence-corrected chi connectivity index (χ2v) is 10.3. The normalized spacial score (nSPS) is 18.6. The van der Waals surface area contributed by atoms with E-state index in [9.17, 15) is 9.59 Å².